The lowest BCUT2D eigenvalue weighted by Gasteiger charge is -2.49. The average Bonchev–Trinajstić information content (AvgIpc) is 3.88. The largest absolute Gasteiger partial charge is 0.477 e. The summed E-state index contributed by atoms with van der Waals surface area (Å²) in [4.78, 5) is 68.6. The molecule has 3 aliphatic heterocycles. The van der Waals surface area contributed by atoms with Crippen molar-refractivity contribution in [1.29, 1.82) is 0 Å². The van der Waals surface area contributed by atoms with E-state index in [0.29, 0.717) is 24.1 Å². The van der Waals surface area contributed by atoms with Crippen molar-refractivity contribution in [3.05, 3.63) is 184 Å². The van der Waals surface area contributed by atoms with Gasteiger partial charge in [-0.2, -0.15) is 0 Å². The predicted molar refractivity (Wildman–Crippen MR) is 232 cm³/mol. The number of nitrogens with two attached hydrogens (primary N) is 1. The van der Waals surface area contributed by atoms with Gasteiger partial charge in [-0.15, -0.1) is 23.1 Å². The number of β-lactam (4-membered cyclic amide) rings is 1. The predicted octanol–water partition coefficient (Wildman–Crippen LogP) is 6.69. The Balaban J connectivity index is 1.01. The molecule has 3 amide bonds. The quantitative estimate of drug-likeness (QED) is 0.0424. The molecule has 0 radical (unpaired) electrons. The maximum absolute atomic E-state index is 14.3. The fourth-order valence-corrected chi connectivity index (χ4v) is 9.84. The maximum Gasteiger partial charge on any atom is 0.352 e. The number of nitrogens with one attached hydrogen (secondary N) is 1. The van der Waals surface area contributed by atoms with Crippen molar-refractivity contribution in [2.75, 3.05) is 22.9 Å². The van der Waals surface area contributed by atoms with Crippen LogP contribution in [0.15, 0.2) is 167 Å². The lowest BCUT2D eigenvalue weighted by Crippen LogP contribution is -2.71. The Morgan fingerprint density at radius 2 is 1.48 bits per heavy atom. The van der Waals surface area contributed by atoms with Gasteiger partial charge in [0.25, 0.3) is 17.7 Å². The third-order valence-electron chi connectivity index (χ3n) is 10.8. The van der Waals surface area contributed by atoms with Gasteiger partial charge in [0.1, 0.15) is 22.8 Å². The number of benzene rings is 5. The number of hydrogen-bond donors (Lipinski definition) is 3. The molecule has 60 heavy (non-hydrogen) atoms. The minimum Gasteiger partial charge on any atom is -0.477 e. The number of thioether (sulfide) groups is 1. The molecule has 5 aromatic carbocycles. The SMILES string of the molecule is Nc1nc(C(=NOC(c2ccccc2)(c2ccccc2)c2ccccc2)C(=O)N[C@@H]2C(=O)N3C(C(=O)O)=C(C=C4CCN(c5cccc6ccccc56)C4=O)CS[C@H]23)cs1. The molecule has 2 atom stereocenters. The molecular formula is C46H36N6O6S2. The number of carbonyl (C=O) groups is 4. The number of nitrogens with zero attached hydrogens (tertiary/aromatic N) is 4. The standard InChI is InChI=1S/C46H36N6O6S2/c47-45-48-35(27-60-45)37(50-58-46(31-15-4-1-5-16-31,32-17-6-2-7-18-32)33-19-8-3-9-20-33)40(53)49-38-42(55)52-39(44(56)57)30(26-59-43(38)52)25-29-23-24-51(41(29)54)36-22-12-14-28-13-10-11-21-34(28)36/h1-22,25,27,38,43H,23-24,26H2,(H2,47,48)(H,49,53)(H,56,57)/t38-,43-/m1/s1. The van der Waals surface area contributed by atoms with Gasteiger partial charge in [0.2, 0.25) is 5.60 Å². The highest BCUT2D eigenvalue weighted by atomic mass is 32.2. The van der Waals surface area contributed by atoms with Crippen LogP contribution in [0, 0.1) is 0 Å². The number of oxime groups is 1. The van der Waals surface area contributed by atoms with E-state index in [-0.39, 0.29) is 33.9 Å². The zero-order chi connectivity index (χ0) is 41.4. The fourth-order valence-electron chi connectivity index (χ4n) is 7.99. The van der Waals surface area contributed by atoms with E-state index in [1.54, 1.807) is 16.4 Å². The van der Waals surface area contributed by atoms with Gasteiger partial charge in [-0.05, 0) is 29.5 Å². The summed E-state index contributed by atoms with van der Waals surface area (Å²) in [6.07, 6.45) is 2.01. The van der Waals surface area contributed by atoms with Gasteiger partial charge in [0, 0.05) is 45.3 Å². The zero-order valence-corrected chi connectivity index (χ0v) is 33.4. The number of carboxylic acids is 1. The van der Waals surface area contributed by atoms with Crippen LogP contribution in [-0.2, 0) is 29.6 Å². The number of anilines is 2. The molecule has 0 aliphatic carbocycles. The minimum atomic E-state index is -1.32. The Morgan fingerprint density at radius 3 is 2.10 bits per heavy atom. The number of thiazole rings is 1. The molecule has 0 saturated carbocycles. The maximum atomic E-state index is 14.3. The summed E-state index contributed by atoms with van der Waals surface area (Å²) in [5.41, 5.74) is 8.20. The molecule has 2 saturated heterocycles. The van der Waals surface area contributed by atoms with Crippen molar-refractivity contribution in [2.24, 2.45) is 5.16 Å². The molecule has 6 aromatic rings. The first-order valence-electron chi connectivity index (χ1n) is 19.1. The molecule has 3 aliphatic rings. The molecule has 0 unspecified atom stereocenters. The highest BCUT2D eigenvalue weighted by molar-refractivity contribution is 8.00. The molecular weight excluding hydrogens is 797 g/mol. The number of fused-ring (bicyclic) bond motifs is 2. The molecule has 14 heteroatoms. The van der Waals surface area contributed by atoms with Crippen LogP contribution in [0.25, 0.3) is 10.8 Å². The van der Waals surface area contributed by atoms with Crippen LogP contribution in [0.2, 0.25) is 0 Å². The van der Waals surface area contributed by atoms with E-state index in [2.05, 4.69) is 15.5 Å². The highest BCUT2D eigenvalue weighted by Gasteiger charge is 2.54. The van der Waals surface area contributed by atoms with E-state index >= 15 is 0 Å². The third kappa shape index (κ3) is 6.78. The fraction of sp³-hybridized carbons (Fsp3) is 0.130. The summed E-state index contributed by atoms with van der Waals surface area (Å²) in [5.74, 6) is -2.72. The van der Waals surface area contributed by atoms with Crippen molar-refractivity contribution in [1.82, 2.24) is 15.2 Å². The van der Waals surface area contributed by atoms with E-state index in [1.807, 2.05) is 133 Å². The lowest BCUT2D eigenvalue weighted by atomic mass is 9.80. The highest BCUT2D eigenvalue weighted by Crippen LogP contribution is 2.43. The molecule has 4 N–H and O–H groups in total. The monoisotopic (exact) mass is 832 g/mol. The van der Waals surface area contributed by atoms with Crippen LogP contribution in [0.1, 0.15) is 28.8 Å². The summed E-state index contributed by atoms with van der Waals surface area (Å²) in [6.45, 7) is 0.433. The van der Waals surface area contributed by atoms with Crippen molar-refractivity contribution in [3.63, 3.8) is 0 Å². The molecule has 1 aromatic heterocycles. The number of nitrogen functional groups attached to an aromatic ring is 1. The average molecular weight is 833 g/mol. The minimum absolute atomic E-state index is 0.136. The summed E-state index contributed by atoms with van der Waals surface area (Å²) < 4.78 is 0. The van der Waals surface area contributed by atoms with Crippen LogP contribution in [0.4, 0.5) is 10.8 Å². The first kappa shape index (κ1) is 38.5. The second-order valence-corrected chi connectivity index (χ2v) is 16.3. The van der Waals surface area contributed by atoms with E-state index in [4.69, 9.17) is 10.6 Å². The first-order chi connectivity index (χ1) is 29.2. The van der Waals surface area contributed by atoms with Gasteiger partial charge >= 0.3 is 5.97 Å². The summed E-state index contributed by atoms with van der Waals surface area (Å²) in [6, 6.07) is 41.0. The smallest absolute Gasteiger partial charge is 0.352 e. The molecule has 2 fully saturated rings. The van der Waals surface area contributed by atoms with Gasteiger partial charge in [0.15, 0.2) is 10.8 Å². The molecule has 298 valence electrons. The Labute approximate surface area is 352 Å². The number of aromatic nitrogens is 1. The van der Waals surface area contributed by atoms with Crippen LogP contribution in [0.5, 0.6) is 0 Å². The van der Waals surface area contributed by atoms with E-state index < -0.39 is 34.8 Å². The van der Waals surface area contributed by atoms with Crippen molar-refractivity contribution in [2.45, 2.75) is 23.4 Å². The number of aliphatic carboxylic acids is 1. The van der Waals surface area contributed by atoms with E-state index in [0.717, 1.165) is 44.5 Å². The first-order valence-corrected chi connectivity index (χ1v) is 21.0. The molecule has 12 nitrogen and oxygen atoms in total. The van der Waals surface area contributed by atoms with Gasteiger partial charge in [-0.1, -0.05) is 133 Å². The molecule has 4 heterocycles. The number of allylic oxidation sites excluding steroid dienone is 1. The Hall–Kier alpha value is -7.03. The van der Waals surface area contributed by atoms with E-state index in [1.165, 1.54) is 16.7 Å². The molecule has 9 rings (SSSR count). The number of carbonyl (C=O) groups excluding carboxylic acids is 3. The third-order valence-corrected chi connectivity index (χ3v) is 12.8. The van der Waals surface area contributed by atoms with Crippen LogP contribution in [-0.4, -0.2) is 68.1 Å². The normalized spacial score (nSPS) is 18.7. The van der Waals surface area contributed by atoms with Gasteiger partial charge in [-0.3, -0.25) is 19.3 Å². The van der Waals surface area contributed by atoms with Crippen LogP contribution in [0.3, 0.4) is 0 Å². The van der Waals surface area contributed by atoms with Crippen molar-refractivity contribution < 1.29 is 29.1 Å². The number of amides is 3. The van der Waals surface area contributed by atoms with Crippen molar-refractivity contribution in [3.8, 4) is 0 Å². The summed E-state index contributed by atoms with van der Waals surface area (Å²) in [5, 5.41) is 20.7. The Bertz CT molecular complexity index is 2650. The number of carboxylic acid groups (broad SMARTS) is 1. The van der Waals surface area contributed by atoms with Gasteiger partial charge in [0.05, 0.1) is 5.69 Å². The molecule has 0 bridgehead atoms. The zero-order valence-electron chi connectivity index (χ0n) is 31.8. The number of rotatable bonds is 11. The van der Waals surface area contributed by atoms with Crippen LogP contribution >= 0.6 is 23.1 Å². The van der Waals surface area contributed by atoms with Crippen molar-refractivity contribution >= 4 is 74.1 Å². The molecule has 0 spiro atoms. The number of hydrogen-bond acceptors (Lipinski definition) is 10. The second-order valence-electron chi connectivity index (χ2n) is 14.3. The summed E-state index contributed by atoms with van der Waals surface area (Å²) in [7, 11) is 0. The Kier molecular flexibility index (Phi) is 10.2. The van der Waals surface area contributed by atoms with Crippen LogP contribution < -0.4 is 16.0 Å². The van der Waals surface area contributed by atoms with Gasteiger partial charge < -0.3 is 25.9 Å². The second kappa shape index (κ2) is 16.0. The topological polar surface area (TPSA) is 168 Å². The van der Waals surface area contributed by atoms with E-state index in [9.17, 15) is 24.3 Å². The lowest BCUT2D eigenvalue weighted by molar-refractivity contribution is -0.150. The Morgan fingerprint density at radius 1 is 0.867 bits per heavy atom. The van der Waals surface area contributed by atoms with Gasteiger partial charge in [-0.25, -0.2) is 9.78 Å². The summed E-state index contributed by atoms with van der Waals surface area (Å²) >= 11 is 2.41.